The fourth-order valence-electron chi connectivity index (χ4n) is 5.37. The van der Waals surface area contributed by atoms with Crippen molar-refractivity contribution in [1.82, 2.24) is 35.1 Å². The maximum atomic E-state index is 13.9. The number of alkyl halides is 3. The van der Waals surface area contributed by atoms with E-state index in [1.54, 1.807) is 34.7 Å². The van der Waals surface area contributed by atoms with E-state index in [4.69, 9.17) is 26.1 Å². The summed E-state index contributed by atoms with van der Waals surface area (Å²) in [6, 6.07) is 0.800. The van der Waals surface area contributed by atoms with Crippen LogP contribution in [-0.2, 0) is 20.7 Å². The number of aromatic nitrogens is 4. The average molecular weight is 608 g/mol. The summed E-state index contributed by atoms with van der Waals surface area (Å²) in [6.07, 6.45) is 6.72. The van der Waals surface area contributed by atoms with E-state index < -0.39 is 23.8 Å². The van der Waals surface area contributed by atoms with Gasteiger partial charge in [-0.25, -0.2) is 14.5 Å². The van der Waals surface area contributed by atoms with Gasteiger partial charge in [-0.1, -0.05) is 22.9 Å². The van der Waals surface area contributed by atoms with Gasteiger partial charge in [-0.2, -0.15) is 13.9 Å². The molecule has 3 aromatic heterocycles. The third kappa shape index (κ3) is 5.25. The standard InChI is InChI=1S/C26H28ClF2N7O4S/c1-14-10-20(40-24(28)29)31-11-16(14)22-23-17(33-25-36(23)34-15(2)41-25)5-8-35(22)21(37)13-39-18-4-3-6-32-26(18,27)19-12-30-7-9-38-19/h3-4,6,10-11,19,22,24,30,32H,5,7-9,12-13H2,1-2H3. The Morgan fingerprint density at radius 2 is 2.24 bits per heavy atom. The van der Waals surface area contributed by atoms with E-state index in [0.717, 1.165) is 22.9 Å². The maximum absolute atomic E-state index is 13.9. The van der Waals surface area contributed by atoms with E-state index in [-0.39, 0.29) is 18.4 Å². The van der Waals surface area contributed by atoms with Crippen molar-refractivity contribution in [3.63, 3.8) is 0 Å². The Labute approximate surface area is 243 Å². The number of halogens is 3. The first-order valence-electron chi connectivity index (χ1n) is 13.1. The topological polar surface area (TPSA) is 115 Å². The van der Waals surface area contributed by atoms with Crippen molar-refractivity contribution in [2.75, 3.05) is 32.8 Å². The normalized spacial score (nSPS) is 24.2. The zero-order chi connectivity index (χ0) is 28.7. The van der Waals surface area contributed by atoms with Crippen LogP contribution in [-0.4, -0.2) is 81.0 Å². The molecule has 0 saturated carbocycles. The SMILES string of the molecule is Cc1nn2c3c(nc2s1)CCN(C(=O)COC1=CC=CNC1(Cl)C1CNCCO1)C3c1cnc(OC(F)F)cc1C. The predicted octanol–water partition coefficient (Wildman–Crippen LogP) is 2.82. The van der Waals surface area contributed by atoms with Gasteiger partial charge >= 0.3 is 6.61 Å². The zero-order valence-electron chi connectivity index (χ0n) is 22.3. The highest BCUT2D eigenvalue weighted by Gasteiger charge is 2.45. The minimum absolute atomic E-state index is 0.205. The summed E-state index contributed by atoms with van der Waals surface area (Å²) in [6.45, 7) is 2.44. The Kier molecular flexibility index (Phi) is 7.57. The van der Waals surface area contributed by atoms with Crippen LogP contribution in [0.4, 0.5) is 8.78 Å². The van der Waals surface area contributed by atoms with Gasteiger partial charge < -0.3 is 29.7 Å². The molecular formula is C26H28ClF2N7O4S. The molecule has 218 valence electrons. The first-order chi connectivity index (χ1) is 19.7. The highest BCUT2D eigenvalue weighted by Crippen LogP contribution is 2.39. The maximum Gasteiger partial charge on any atom is 0.388 e. The number of hydrogen-bond acceptors (Lipinski definition) is 10. The smallest absolute Gasteiger partial charge is 0.388 e. The second-order valence-electron chi connectivity index (χ2n) is 9.85. The first-order valence-corrected chi connectivity index (χ1v) is 14.3. The number of fused-ring (bicyclic) bond motifs is 3. The van der Waals surface area contributed by atoms with Crippen LogP contribution in [0.3, 0.4) is 0 Å². The lowest BCUT2D eigenvalue weighted by Gasteiger charge is -2.40. The molecule has 11 nitrogen and oxygen atoms in total. The lowest BCUT2D eigenvalue weighted by molar-refractivity contribution is -0.137. The molecule has 0 spiro atoms. The Morgan fingerprint density at radius 1 is 1.39 bits per heavy atom. The number of carbonyl (C=O) groups excluding carboxylic acids is 1. The fraction of sp³-hybridized carbons (Fsp3) is 0.462. The molecule has 3 aliphatic rings. The number of morpholine rings is 1. The number of aryl methyl sites for hydroxylation is 2. The van der Waals surface area contributed by atoms with Crippen molar-refractivity contribution in [1.29, 1.82) is 0 Å². The van der Waals surface area contributed by atoms with E-state index in [2.05, 4.69) is 25.5 Å². The lowest BCUT2D eigenvalue weighted by Crippen LogP contribution is -2.58. The molecule has 2 N–H and O–H groups in total. The van der Waals surface area contributed by atoms with Gasteiger partial charge in [-0.05, 0) is 37.8 Å². The summed E-state index contributed by atoms with van der Waals surface area (Å²) in [7, 11) is 0. The molecule has 0 aliphatic carbocycles. The second-order valence-corrected chi connectivity index (χ2v) is 11.6. The fourth-order valence-corrected chi connectivity index (χ4v) is 6.46. The monoisotopic (exact) mass is 607 g/mol. The number of ether oxygens (including phenoxy) is 3. The van der Waals surface area contributed by atoms with Crippen LogP contribution >= 0.6 is 22.9 Å². The van der Waals surface area contributed by atoms with Crippen LogP contribution in [0.25, 0.3) is 4.96 Å². The zero-order valence-corrected chi connectivity index (χ0v) is 23.8. The molecule has 3 unspecified atom stereocenters. The largest absolute Gasteiger partial charge is 0.484 e. The van der Waals surface area contributed by atoms with E-state index in [9.17, 15) is 13.6 Å². The number of amides is 1. The number of hydrogen-bond donors (Lipinski definition) is 2. The number of pyridine rings is 1. The van der Waals surface area contributed by atoms with Crippen molar-refractivity contribution in [2.45, 2.75) is 44.0 Å². The molecule has 0 radical (unpaired) electrons. The number of nitrogens with one attached hydrogen (secondary N) is 2. The third-order valence-electron chi connectivity index (χ3n) is 7.24. The number of imidazole rings is 1. The second kappa shape index (κ2) is 11.2. The third-order valence-corrected chi connectivity index (χ3v) is 8.61. The van der Waals surface area contributed by atoms with Gasteiger partial charge in [-0.15, -0.1) is 0 Å². The van der Waals surface area contributed by atoms with Gasteiger partial charge in [0.25, 0.3) is 5.91 Å². The first kappa shape index (κ1) is 27.8. The summed E-state index contributed by atoms with van der Waals surface area (Å²) in [4.78, 5) is 23.9. The molecule has 15 heteroatoms. The van der Waals surface area contributed by atoms with E-state index in [0.29, 0.717) is 48.0 Å². The minimum Gasteiger partial charge on any atom is -0.484 e. The van der Waals surface area contributed by atoms with Gasteiger partial charge in [0.15, 0.2) is 11.6 Å². The van der Waals surface area contributed by atoms with Crippen molar-refractivity contribution in [2.24, 2.45) is 0 Å². The van der Waals surface area contributed by atoms with Crippen LogP contribution in [0.15, 0.2) is 36.4 Å². The highest BCUT2D eigenvalue weighted by molar-refractivity contribution is 7.16. The van der Waals surface area contributed by atoms with Crippen LogP contribution in [0.2, 0.25) is 0 Å². The molecule has 0 bridgehead atoms. The number of rotatable bonds is 7. The molecule has 3 aromatic rings. The van der Waals surface area contributed by atoms with Crippen LogP contribution in [0.5, 0.6) is 5.88 Å². The van der Waals surface area contributed by atoms with Gasteiger partial charge in [0.2, 0.25) is 10.8 Å². The lowest BCUT2D eigenvalue weighted by atomic mass is 9.93. The van der Waals surface area contributed by atoms with Crippen LogP contribution in [0, 0.1) is 13.8 Å². The van der Waals surface area contributed by atoms with Gasteiger partial charge in [0.1, 0.15) is 22.9 Å². The Balaban J connectivity index is 1.31. The molecule has 1 fully saturated rings. The number of dihydropyridines is 1. The molecule has 6 rings (SSSR count). The van der Waals surface area contributed by atoms with Crippen molar-refractivity contribution in [3.8, 4) is 5.88 Å². The predicted molar refractivity (Wildman–Crippen MR) is 146 cm³/mol. The molecule has 0 aromatic carbocycles. The van der Waals surface area contributed by atoms with Crippen molar-refractivity contribution in [3.05, 3.63) is 63.9 Å². The Morgan fingerprint density at radius 3 is 3.00 bits per heavy atom. The molecule has 6 heterocycles. The van der Waals surface area contributed by atoms with Crippen LogP contribution in [0.1, 0.15) is 33.6 Å². The van der Waals surface area contributed by atoms with Gasteiger partial charge in [0, 0.05) is 43.9 Å². The van der Waals surface area contributed by atoms with Crippen molar-refractivity contribution < 1.29 is 27.8 Å². The molecule has 1 saturated heterocycles. The summed E-state index contributed by atoms with van der Waals surface area (Å²) in [5, 5.41) is 11.8. The Hall–Kier alpha value is -3.33. The number of nitrogens with zero attached hydrogens (tertiary/aromatic N) is 5. The average Bonchev–Trinajstić information content (AvgIpc) is 3.48. The molecular weight excluding hydrogens is 580 g/mol. The quantitative estimate of drug-likeness (QED) is 0.309. The summed E-state index contributed by atoms with van der Waals surface area (Å²) < 4.78 is 43.9. The molecule has 3 aliphatic heterocycles. The van der Waals surface area contributed by atoms with Gasteiger partial charge in [-0.3, -0.25) is 4.79 Å². The summed E-state index contributed by atoms with van der Waals surface area (Å²) in [5.74, 6) is -0.137. The van der Waals surface area contributed by atoms with Gasteiger partial charge in [0.05, 0.1) is 18.0 Å². The molecule has 1 amide bonds. The van der Waals surface area contributed by atoms with Crippen LogP contribution < -0.4 is 15.4 Å². The number of carbonyl (C=O) groups is 1. The molecule has 3 atom stereocenters. The summed E-state index contributed by atoms with van der Waals surface area (Å²) >= 11 is 8.42. The highest BCUT2D eigenvalue weighted by atomic mass is 35.5. The van der Waals surface area contributed by atoms with E-state index >= 15 is 0 Å². The molecule has 41 heavy (non-hydrogen) atoms. The van der Waals surface area contributed by atoms with E-state index in [1.165, 1.54) is 23.6 Å². The number of allylic oxidation sites excluding steroid dienone is 2. The van der Waals surface area contributed by atoms with Crippen molar-refractivity contribution >= 4 is 33.8 Å². The minimum atomic E-state index is -3.00. The summed E-state index contributed by atoms with van der Waals surface area (Å²) in [5.41, 5.74) is 2.81. The Bertz CT molecular complexity index is 1520. The van der Waals surface area contributed by atoms with E-state index in [1.807, 2.05) is 6.92 Å².